The van der Waals surface area contributed by atoms with Crippen molar-refractivity contribution < 1.29 is 14.1 Å². The highest BCUT2D eigenvalue weighted by atomic mass is 35.5. The van der Waals surface area contributed by atoms with E-state index in [9.17, 15) is 14.5 Å². The maximum atomic E-state index is 13.3. The van der Waals surface area contributed by atoms with Crippen molar-refractivity contribution in [2.45, 2.75) is 6.61 Å². The normalized spacial score (nSPS) is 10.3. The molecule has 104 valence electrons. The van der Waals surface area contributed by atoms with E-state index in [0.29, 0.717) is 0 Å². The van der Waals surface area contributed by atoms with Gasteiger partial charge in [-0.05, 0) is 34.2 Å². The van der Waals surface area contributed by atoms with Gasteiger partial charge in [-0.3, -0.25) is 0 Å². The summed E-state index contributed by atoms with van der Waals surface area (Å²) < 4.78 is 18.6. The summed E-state index contributed by atoms with van der Waals surface area (Å²) in [7, 11) is 0. The summed E-state index contributed by atoms with van der Waals surface area (Å²) in [6.07, 6.45) is 1.27. The Morgan fingerprint density at radius 2 is 2.10 bits per heavy atom. The number of halogens is 3. The number of hydrogen-bond acceptors (Lipinski definition) is 4. The first kappa shape index (κ1) is 14.5. The van der Waals surface area contributed by atoms with Gasteiger partial charge in [0.05, 0.1) is 5.02 Å². The van der Waals surface area contributed by atoms with Crippen molar-refractivity contribution in [2.24, 2.45) is 0 Å². The van der Waals surface area contributed by atoms with Crippen molar-refractivity contribution in [1.29, 1.82) is 0 Å². The Bertz CT molecular complexity index is 667. The van der Waals surface area contributed by atoms with E-state index in [4.69, 9.17) is 27.9 Å². The van der Waals surface area contributed by atoms with Gasteiger partial charge in [-0.15, -0.1) is 0 Å². The maximum absolute atomic E-state index is 13.3. The minimum Gasteiger partial charge on any atom is -0.481 e. The van der Waals surface area contributed by atoms with Crippen molar-refractivity contribution in [3.63, 3.8) is 0 Å². The number of hydrogen-bond donors (Lipinski definition) is 0. The minimum atomic E-state index is -0.676. The second-order valence-corrected chi connectivity index (χ2v) is 4.48. The van der Waals surface area contributed by atoms with Crippen LogP contribution in [0.4, 0.5) is 10.2 Å². The molecule has 0 aliphatic carbocycles. The minimum absolute atomic E-state index is 0.0473. The van der Waals surface area contributed by atoms with Crippen LogP contribution in [0.1, 0.15) is 5.56 Å². The molecule has 1 aromatic carbocycles. The van der Waals surface area contributed by atoms with Crippen LogP contribution < -0.4 is 4.74 Å². The van der Waals surface area contributed by atoms with Gasteiger partial charge in [-0.2, -0.15) is 0 Å². The number of pyridine rings is 1. The predicted octanol–water partition coefficient (Wildman–Crippen LogP) is 4.01. The van der Waals surface area contributed by atoms with Crippen LogP contribution in [0.15, 0.2) is 30.5 Å². The van der Waals surface area contributed by atoms with E-state index >= 15 is 0 Å². The second-order valence-electron chi connectivity index (χ2n) is 3.69. The van der Waals surface area contributed by atoms with Gasteiger partial charge in [-0.25, -0.2) is 4.39 Å². The number of aromatic nitrogens is 1. The topological polar surface area (TPSA) is 65.3 Å². The SMILES string of the molecule is O=[N+]([O-])c1ncccc1OCc1c(Cl)ccc(F)c1Cl. The van der Waals surface area contributed by atoms with E-state index < -0.39 is 16.6 Å². The predicted molar refractivity (Wildman–Crippen MR) is 71.6 cm³/mol. The van der Waals surface area contributed by atoms with Gasteiger partial charge in [0.15, 0.2) is 0 Å². The van der Waals surface area contributed by atoms with E-state index in [-0.39, 0.29) is 28.0 Å². The molecule has 0 spiro atoms. The smallest absolute Gasteiger partial charge is 0.406 e. The Kier molecular flexibility index (Phi) is 4.36. The Hall–Kier alpha value is -1.92. The number of benzene rings is 1. The number of rotatable bonds is 4. The molecule has 0 unspecified atom stereocenters. The fourth-order valence-corrected chi connectivity index (χ4v) is 1.96. The summed E-state index contributed by atoms with van der Waals surface area (Å²) in [5, 5.41) is 10.8. The highest BCUT2D eigenvalue weighted by Gasteiger charge is 2.17. The van der Waals surface area contributed by atoms with Gasteiger partial charge in [-0.1, -0.05) is 23.2 Å². The molecule has 0 N–H and O–H groups in total. The van der Waals surface area contributed by atoms with Gasteiger partial charge in [0.1, 0.15) is 18.6 Å². The molecule has 0 amide bonds. The molecule has 1 aromatic heterocycles. The third-order valence-corrected chi connectivity index (χ3v) is 3.20. The average molecular weight is 317 g/mol. The van der Waals surface area contributed by atoms with Crippen molar-refractivity contribution in [1.82, 2.24) is 4.98 Å². The molecule has 1 heterocycles. The first-order valence-corrected chi connectivity index (χ1v) is 6.11. The first-order chi connectivity index (χ1) is 9.50. The lowest BCUT2D eigenvalue weighted by atomic mass is 10.2. The Morgan fingerprint density at radius 1 is 1.35 bits per heavy atom. The largest absolute Gasteiger partial charge is 0.481 e. The zero-order chi connectivity index (χ0) is 14.7. The number of nitrogens with zero attached hydrogens (tertiary/aromatic N) is 2. The zero-order valence-electron chi connectivity index (χ0n) is 9.85. The quantitative estimate of drug-likeness (QED) is 0.485. The number of nitro groups is 1. The first-order valence-electron chi connectivity index (χ1n) is 5.35. The lowest BCUT2D eigenvalue weighted by molar-refractivity contribution is -0.390. The van der Waals surface area contributed by atoms with Crippen LogP contribution >= 0.6 is 23.2 Å². The van der Waals surface area contributed by atoms with Crippen molar-refractivity contribution in [3.8, 4) is 5.75 Å². The summed E-state index contributed by atoms with van der Waals surface area (Å²) in [6, 6.07) is 5.32. The van der Waals surface area contributed by atoms with Gasteiger partial charge in [0, 0.05) is 10.6 Å². The van der Waals surface area contributed by atoms with E-state index in [2.05, 4.69) is 4.98 Å². The molecule has 5 nitrogen and oxygen atoms in total. The van der Waals surface area contributed by atoms with Gasteiger partial charge >= 0.3 is 5.82 Å². The molecular formula is C12H7Cl2FN2O3. The molecular weight excluding hydrogens is 310 g/mol. The molecule has 0 atom stereocenters. The molecule has 8 heteroatoms. The maximum Gasteiger partial charge on any atom is 0.406 e. The van der Waals surface area contributed by atoms with Crippen LogP contribution in [0, 0.1) is 15.9 Å². The molecule has 0 aliphatic rings. The van der Waals surface area contributed by atoms with Crippen molar-refractivity contribution >= 4 is 29.0 Å². The lowest BCUT2D eigenvalue weighted by Crippen LogP contribution is -2.02. The molecule has 0 fully saturated rings. The van der Waals surface area contributed by atoms with Crippen LogP contribution in [0.3, 0.4) is 0 Å². The second kappa shape index (κ2) is 6.02. The molecule has 0 saturated carbocycles. The van der Waals surface area contributed by atoms with Crippen LogP contribution in [0.25, 0.3) is 0 Å². The highest BCUT2D eigenvalue weighted by molar-refractivity contribution is 6.36. The monoisotopic (exact) mass is 316 g/mol. The molecule has 0 radical (unpaired) electrons. The van der Waals surface area contributed by atoms with Crippen LogP contribution in [0.2, 0.25) is 10.0 Å². The van der Waals surface area contributed by atoms with Crippen molar-refractivity contribution in [2.75, 3.05) is 0 Å². The fraction of sp³-hybridized carbons (Fsp3) is 0.0833. The summed E-state index contributed by atoms with van der Waals surface area (Å²) >= 11 is 11.7. The third-order valence-electron chi connectivity index (χ3n) is 2.43. The zero-order valence-corrected chi connectivity index (χ0v) is 11.4. The Morgan fingerprint density at radius 3 is 2.80 bits per heavy atom. The summed E-state index contributed by atoms with van der Waals surface area (Å²) in [6.45, 7) is -0.206. The molecule has 0 aliphatic heterocycles. The molecule has 20 heavy (non-hydrogen) atoms. The van der Waals surface area contributed by atoms with Crippen LogP contribution in [0.5, 0.6) is 5.75 Å². The van der Waals surface area contributed by atoms with Crippen LogP contribution in [-0.2, 0) is 6.61 Å². The third kappa shape index (κ3) is 2.97. The average Bonchev–Trinajstić information content (AvgIpc) is 2.43. The van der Waals surface area contributed by atoms with E-state index in [1.54, 1.807) is 0 Å². The standard InChI is InChI=1S/C12H7Cl2FN2O3/c13-8-3-4-9(15)11(14)7(8)6-20-10-2-1-5-16-12(10)17(18)19/h1-5H,6H2. The van der Waals surface area contributed by atoms with E-state index in [0.717, 1.165) is 6.07 Å². The Balaban J connectivity index is 2.26. The van der Waals surface area contributed by atoms with E-state index in [1.165, 1.54) is 24.4 Å². The lowest BCUT2D eigenvalue weighted by Gasteiger charge is -2.09. The molecule has 2 aromatic rings. The Labute approximate surface area is 123 Å². The fourth-order valence-electron chi connectivity index (χ4n) is 1.48. The molecule has 0 bridgehead atoms. The summed E-state index contributed by atoms with van der Waals surface area (Å²) in [5.41, 5.74) is 0.214. The number of ether oxygens (including phenoxy) is 1. The van der Waals surface area contributed by atoms with Gasteiger partial charge in [0.2, 0.25) is 5.75 Å². The van der Waals surface area contributed by atoms with Gasteiger partial charge in [0.25, 0.3) is 0 Å². The molecule has 2 rings (SSSR count). The molecule has 0 saturated heterocycles. The summed E-state index contributed by atoms with van der Waals surface area (Å²) in [4.78, 5) is 13.7. The summed E-state index contributed by atoms with van der Waals surface area (Å²) in [5.74, 6) is -1.12. The van der Waals surface area contributed by atoms with E-state index in [1.807, 2.05) is 0 Å². The van der Waals surface area contributed by atoms with Crippen molar-refractivity contribution in [3.05, 3.63) is 62.0 Å². The van der Waals surface area contributed by atoms with Gasteiger partial charge < -0.3 is 14.9 Å². The highest BCUT2D eigenvalue weighted by Crippen LogP contribution is 2.30. The van der Waals surface area contributed by atoms with Crippen LogP contribution in [-0.4, -0.2) is 9.91 Å².